The predicted octanol–water partition coefficient (Wildman–Crippen LogP) is 3.61. The molecule has 0 aliphatic carbocycles. The van der Waals surface area contributed by atoms with E-state index in [1.54, 1.807) is 0 Å². The molecule has 0 aromatic heterocycles. The van der Waals surface area contributed by atoms with Crippen LogP contribution in [-0.4, -0.2) is 18.4 Å². The molecule has 1 aliphatic rings. The van der Waals surface area contributed by atoms with Gasteiger partial charge in [0, 0.05) is 24.3 Å². The highest BCUT2D eigenvalue weighted by atomic mass is 16.2. The van der Waals surface area contributed by atoms with E-state index in [4.69, 9.17) is 0 Å². The van der Waals surface area contributed by atoms with Crippen LogP contribution in [0.1, 0.15) is 29.5 Å². The van der Waals surface area contributed by atoms with Gasteiger partial charge < -0.3 is 10.2 Å². The Balaban J connectivity index is 1.73. The summed E-state index contributed by atoms with van der Waals surface area (Å²) in [5.41, 5.74) is 4.81. The molecule has 2 aromatic carbocycles. The molecule has 0 atom stereocenters. The van der Waals surface area contributed by atoms with Gasteiger partial charge in [0.2, 0.25) is 11.8 Å². The zero-order valence-corrected chi connectivity index (χ0v) is 14.1. The van der Waals surface area contributed by atoms with E-state index in [0.29, 0.717) is 12.8 Å². The maximum atomic E-state index is 12.3. The summed E-state index contributed by atoms with van der Waals surface area (Å²) in [4.78, 5) is 26.1. The highest BCUT2D eigenvalue weighted by Gasteiger charge is 2.23. The van der Waals surface area contributed by atoms with Crippen molar-refractivity contribution < 1.29 is 9.59 Å². The molecule has 4 nitrogen and oxygen atoms in total. The summed E-state index contributed by atoms with van der Waals surface area (Å²) in [6.45, 7) is 4.75. The van der Waals surface area contributed by atoms with E-state index in [2.05, 4.69) is 5.32 Å². The van der Waals surface area contributed by atoms with E-state index < -0.39 is 0 Å². The minimum absolute atomic E-state index is 0.0526. The second-order valence-corrected chi connectivity index (χ2v) is 6.36. The predicted molar refractivity (Wildman–Crippen MR) is 96.3 cm³/mol. The summed E-state index contributed by atoms with van der Waals surface area (Å²) >= 11 is 0. The summed E-state index contributed by atoms with van der Waals surface area (Å²) in [6.07, 6.45) is 1.83. The maximum absolute atomic E-state index is 12.3. The van der Waals surface area contributed by atoms with Gasteiger partial charge in [-0.2, -0.15) is 0 Å². The molecule has 4 heteroatoms. The van der Waals surface area contributed by atoms with Gasteiger partial charge in [-0.1, -0.05) is 35.9 Å². The van der Waals surface area contributed by atoms with Crippen LogP contribution >= 0.6 is 0 Å². The summed E-state index contributed by atoms with van der Waals surface area (Å²) in [6, 6.07) is 13.7. The summed E-state index contributed by atoms with van der Waals surface area (Å²) in [5, 5.41) is 2.94. The molecule has 0 unspecified atom stereocenters. The van der Waals surface area contributed by atoms with Gasteiger partial charge in [0.15, 0.2) is 0 Å². The molecule has 2 aromatic rings. The fourth-order valence-corrected chi connectivity index (χ4v) is 3.09. The molecule has 3 rings (SSSR count). The number of nitrogens with zero attached hydrogens (tertiary/aromatic N) is 1. The topological polar surface area (TPSA) is 49.4 Å². The van der Waals surface area contributed by atoms with Crippen LogP contribution in [0.25, 0.3) is 0 Å². The third kappa shape index (κ3) is 3.65. The van der Waals surface area contributed by atoms with Crippen molar-refractivity contribution >= 4 is 23.2 Å². The molecule has 0 radical (unpaired) electrons. The van der Waals surface area contributed by atoms with Crippen LogP contribution in [0.2, 0.25) is 0 Å². The Morgan fingerprint density at radius 2 is 2.00 bits per heavy atom. The first-order valence-corrected chi connectivity index (χ1v) is 8.29. The number of aryl methyl sites for hydroxylation is 2. The second-order valence-electron chi connectivity index (χ2n) is 6.36. The van der Waals surface area contributed by atoms with Crippen LogP contribution in [0.3, 0.4) is 0 Å². The normalized spacial score (nSPS) is 14.1. The minimum atomic E-state index is -0.0526. The lowest BCUT2D eigenvalue weighted by atomic mass is 10.1. The SMILES string of the molecule is Cc1cccc(CC(=O)Nc2ccc(C)c(N3CCCC3=O)c2)c1. The van der Waals surface area contributed by atoms with Crippen molar-refractivity contribution in [2.45, 2.75) is 33.1 Å². The number of amides is 2. The molecule has 1 N–H and O–H groups in total. The van der Waals surface area contributed by atoms with Crippen molar-refractivity contribution in [2.75, 3.05) is 16.8 Å². The van der Waals surface area contributed by atoms with E-state index in [-0.39, 0.29) is 11.8 Å². The van der Waals surface area contributed by atoms with Crippen molar-refractivity contribution in [3.63, 3.8) is 0 Å². The maximum Gasteiger partial charge on any atom is 0.228 e. The molecule has 1 heterocycles. The van der Waals surface area contributed by atoms with Gasteiger partial charge in [0.05, 0.1) is 6.42 Å². The first kappa shape index (κ1) is 16.2. The van der Waals surface area contributed by atoms with Crippen LogP contribution in [0, 0.1) is 13.8 Å². The van der Waals surface area contributed by atoms with Gasteiger partial charge in [-0.15, -0.1) is 0 Å². The highest BCUT2D eigenvalue weighted by molar-refractivity contribution is 5.98. The average molecular weight is 322 g/mol. The van der Waals surface area contributed by atoms with Gasteiger partial charge in [0.1, 0.15) is 0 Å². The zero-order valence-electron chi connectivity index (χ0n) is 14.1. The number of carbonyl (C=O) groups excluding carboxylic acids is 2. The summed E-state index contributed by atoms with van der Waals surface area (Å²) in [7, 11) is 0. The monoisotopic (exact) mass is 322 g/mol. The number of benzene rings is 2. The Bertz CT molecular complexity index is 783. The molecule has 0 bridgehead atoms. The molecule has 0 spiro atoms. The van der Waals surface area contributed by atoms with Gasteiger partial charge in [-0.05, 0) is 43.5 Å². The zero-order chi connectivity index (χ0) is 17.1. The molecular formula is C20H22N2O2. The lowest BCUT2D eigenvalue weighted by Gasteiger charge is -2.19. The van der Waals surface area contributed by atoms with E-state index >= 15 is 0 Å². The quantitative estimate of drug-likeness (QED) is 0.935. The van der Waals surface area contributed by atoms with Crippen molar-refractivity contribution in [2.24, 2.45) is 0 Å². The first-order chi connectivity index (χ1) is 11.5. The third-order valence-electron chi connectivity index (χ3n) is 4.30. The third-order valence-corrected chi connectivity index (χ3v) is 4.30. The summed E-state index contributed by atoms with van der Waals surface area (Å²) < 4.78 is 0. The second kappa shape index (κ2) is 6.87. The van der Waals surface area contributed by atoms with Crippen molar-refractivity contribution in [1.29, 1.82) is 0 Å². The molecule has 2 amide bonds. The fraction of sp³-hybridized carbons (Fsp3) is 0.300. The van der Waals surface area contributed by atoms with Crippen LogP contribution in [0.5, 0.6) is 0 Å². The van der Waals surface area contributed by atoms with E-state index in [9.17, 15) is 9.59 Å². The largest absolute Gasteiger partial charge is 0.326 e. The summed E-state index contributed by atoms with van der Waals surface area (Å²) in [5.74, 6) is 0.101. The number of nitrogens with one attached hydrogen (secondary N) is 1. The number of hydrogen-bond donors (Lipinski definition) is 1. The van der Waals surface area contributed by atoms with Crippen LogP contribution < -0.4 is 10.2 Å². The Morgan fingerprint density at radius 1 is 1.17 bits per heavy atom. The number of carbonyl (C=O) groups is 2. The molecule has 1 fully saturated rings. The molecular weight excluding hydrogens is 300 g/mol. The average Bonchev–Trinajstić information content (AvgIpc) is 2.95. The standard InChI is InChI=1S/C20H22N2O2/c1-14-5-3-6-16(11-14)12-19(23)21-17-9-8-15(2)18(13-17)22-10-4-7-20(22)24/h3,5-6,8-9,11,13H,4,7,10,12H2,1-2H3,(H,21,23). The number of hydrogen-bond acceptors (Lipinski definition) is 2. The smallest absolute Gasteiger partial charge is 0.228 e. The number of anilines is 2. The highest BCUT2D eigenvalue weighted by Crippen LogP contribution is 2.28. The van der Waals surface area contributed by atoms with Crippen LogP contribution in [0.15, 0.2) is 42.5 Å². The molecule has 124 valence electrons. The molecule has 24 heavy (non-hydrogen) atoms. The van der Waals surface area contributed by atoms with Crippen molar-refractivity contribution in [3.8, 4) is 0 Å². The minimum Gasteiger partial charge on any atom is -0.326 e. The van der Waals surface area contributed by atoms with Gasteiger partial charge in [-0.25, -0.2) is 0 Å². The van der Waals surface area contributed by atoms with Crippen molar-refractivity contribution in [1.82, 2.24) is 0 Å². The van der Waals surface area contributed by atoms with Crippen molar-refractivity contribution in [3.05, 3.63) is 59.2 Å². The van der Waals surface area contributed by atoms with E-state index in [0.717, 1.165) is 41.0 Å². The first-order valence-electron chi connectivity index (χ1n) is 8.29. The van der Waals surface area contributed by atoms with Crippen LogP contribution in [-0.2, 0) is 16.0 Å². The van der Waals surface area contributed by atoms with E-state index in [1.165, 1.54) is 0 Å². The Labute approximate surface area is 142 Å². The Morgan fingerprint density at radius 3 is 2.71 bits per heavy atom. The molecule has 1 saturated heterocycles. The lowest BCUT2D eigenvalue weighted by Crippen LogP contribution is -2.24. The molecule has 1 aliphatic heterocycles. The van der Waals surface area contributed by atoms with Gasteiger partial charge in [0.25, 0.3) is 0 Å². The Kier molecular flexibility index (Phi) is 4.65. The van der Waals surface area contributed by atoms with E-state index in [1.807, 2.05) is 61.2 Å². The fourth-order valence-electron chi connectivity index (χ4n) is 3.09. The van der Waals surface area contributed by atoms with Crippen LogP contribution in [0.4, 0.5) is 11.4 Å². The Hall–Kier alpha value is -2.62. The van der Waals surface area contributed by atoms with Gasteiger partial charge in [-0.3, -0.25) is 9.59 Å². The lowest BCUT2D eigenvalue weighted by molar-refractivity contribution is -0.117. The molecule has 0 saturated carbocycles. The number of rotatable bonds is 4. The van der Waals surface area contributed by atoms with Gasteiger partial charge >= 0.3 is 0 Å².